The Morgan fingerprint density at radius 2 is 1.85 bits per heavy atom. The first-order valence-corrected chi connectivity index (χ1v) is 7.22. The smallest absolute Gasteiger partial charge is 0.129 e. The van der Waals surface area contributed by atoms with Gasteiger partial charge >= 0.3 is 0 Å². The Hall–Kier alpha value is -2.09. The fraction of sp³-hybridized carbons (Fsp3) is 0.278. The lowest BCUT2D eigenvalue weighted by atomic mass is 10.1. The van der Waals surface area contributed by atoms with Crippen molar-refractivity contribution in [3.8, 4) is 5.75 Å². The lowest BCUT2D eigenvalue weighted by molar-refractivity contribution is 0.213. The quantitative estimate of drug-likeness (QED) is 0.622. The van der Waals surface area contributed by atoms with Gasteiger partial charge in [0.25, 0.3) is 0 Å². The van der Waals surface area contributed by atoms with Gasteiger partial charge in [0.1, 0.15) is 5.75 Å². The number of nitrogens with zero attached hydrogens (tertiary/aromatic N) is 1. The second kappa shape index (κ2) is 5.49. The molecule has 2 aromatic carbocycles. The first-order valence-electron chi connectivity index (χ1n) is 7.22. The van der Waals surface area contributed by atoms with E-state index in [-0.39, 0.29) is 6.10 Å². The van der Waals surface area contributed by atoms with Gasteiger partial charge in [0.15, 0.2) is 0 Å². The van der Waals surface area contributed by atoms with E-state index in [9.17, 15) is 0 Å². The number of pyridine rings is 1. The molecule has 102 valence electrons. The summed E-state index contributed by atoms with van der Waals surface area (Å²) >= 11 is 0. The standard InChI is InChI=1S/C18H19NO/c1-3-6-13(2)20-16-9-4-7-14-10-11-15-8-5-12-19-18(15)17(14)16/h4-5,7-13H,3,6H2,1-2H3. The molecule has 0 saturated heterocycles. The molecule has 3 rings (SSSR count). The maximum atomic E-state index is 6.14. The SMILES string of the molecule is CCCC(C)Oc1cccc2ccc3cccnc3c12. The van der Waals surface area contributed by atoms with Crippen LogP contribution in [0.1, 0.15) is 26.7 Å². The van der Waals surface area contributed by atoms with E-state index in [4.69, 9.17) is 4.74 Å². The van der Waals surface area contributed by atoms with Crippen molar-refractivity contribution in [1.82, 2.24) is 4.98 Å². The van der Waals surface area contributed by atoms with Gasteiger partial charge in [-0.05, 0) is 30.9 Å². The molecule has 0 aliphatic carbocycles. The molecule has 0 fully saturated rings. The highest BCUT2D eigenvalue weighted by molar-refractivity contribution is 6.08. The van der Waals surface area contributed by atoms with Crippen LogP contribution >= 0.6 is 0 Å². The Kier molecular flexibility index (Phi) is 3.55. The molecule has 20 heavy (non-hydrogen) atoms. The van der Waals surface area contributed by atoms with Crippen molar-refractivity contribution in [3.63, 3.8) is 0 Å². The van der Waals surface area contributed by atoms with Gasteiger partial charge in [-0.1, -0.05) is 43.7 Å². The molecule has 1 atom stereocenters. The van der Waals surface area contributed by atoms with Crippen LogP contribution in [0, 0.1) is 0 Å². The number of benzene rings is 2. The maximum Gasteiger partial charge on any atom is 0.129 e. The third-order valence-corrected chi connectivity index (χ3v) is 3.60. The minimum atomic E-state index is 0.226. The Morgan fingerprint density at radius 3 is 2.70 bits per heavy atom. The van der Waals surface area contributed by atoms with Crippen molar-refractivity contribution < 1.29 is 4.74 Å². The minimum Gasteiger partial charge on any atom is -0.490 e. The molecule has 0 aliphatic rings. The van der Waals surface area contributed by atoms with Crippen molar-refractivity contribution in [3.05, 3.63) is 48.7 Å². The second-order valence-electron chi connectivity index (χ2n) is 5.21. The van der Waals surface area contributed by atoms with Gasteiger partial charge in [0, 0.05) is 11.6 Å². The highest BCUT2D eigenvalue weighted by Gasteiger charge is 2.10. The molecule has 0 spiro atoms. The fourth-order valence-electron chi connectivity index (χ4n) is 2.66. The van der Waals surface area contributed by atoms with Gasteiger partial charge in [-0.15, -0.1) is 0 Å². The van der Waals surface area contributed by atoms with Gasteiger partial charge < -0.3 is 4.74 Å². The number of fused-ring (bicyclic) bond motifs is 3. The van der Waals surface area contributed by atoms with E-state index in [2.05, 4.69) is 43.1 Å². The highest BCUT2D eigenvalue weighted by atomic mass is 16.5. The van der Waals surface area contributed by atoms with Crippen LogP contribution in [0.4, 0.5) is 0 Å². The van der Waals surface area contributed by atoms with Gasteiger partial charge in [-0.3, -0.25) is 4.98 Å². The third kappa shape index (κ3) is 2.34. The molecule has 1 heterocycles. The summed E-state index contributed by atoms with van der Waals surface area (Å²) in [5.74, 6) is 0.938. The largest absolute Gasteiger partial charge is 0.490 e. The van der Waals surface area contributed by atoms with Crippen LogP contribution < -0.4 is 4.74 Å². The van der Waals surface area contributed by atoms with Crippen molar-refractivity contribution >= 4 is 21.7 Å². The van der Waals surface area contributed by atoms with Crippen LogP contribution in [0.3, 0.4) is 0 Å². The second-order valence-corrected chi connectivity index (χ2v) is 5.21. The predicted octanol–water partition coefficient (Wildman–Crippen LogP) is 4.96. The summed E-state index contributed by atoms with van der Waals surface area (Å²) in [6.45, 7) is 4.31. The Morgan fingerprint density at radius 1 is 1.05 bits per heavy atom. The lowest BCUT2D eigenvalue weighted by Gasteiger charge is -2.16. The first kappa shape index (κ1) is 12.9. The van der Waals surface area contributed by atoms with Crippen molar-refractivity contribution in [1.29, 1.82) is 0 Å². The number of ether oxygens (including phenoxy) is 1. The average molecular weight is 265 g/mol. The molecule has 0 radical (unpaired) electrons. The monoisotopic (exact) mass is 265 g/mol. The third-order valence-electron chi connectivity index (χ3n) is 3.60. The van der Waals surface area contributed by atoms with Gasteiger partial charge in [-0.25, -0.2) is 0 Å². The van der Waals surface area contributed by atoms with Gasteiger partial charge in [0.2, 0.25) is 0 Å². The van der Waals surface area contributed by atoms with Crippen LogP contribution in [0.2, 0.25) is 0 Å². The maximum absolute atomic E-state index is 6.14. The minimum absolute atomic E-state index is 0.226. The van der Waals surface area contributed by atoms with E-state index in [1.807, 2.05) is 24.4 Å². The van der Waals surface area contributed by atoms with Crippen molar-refractivity contribution in [2.24, 2.45) is 0 Å². The molecule has 0 N–H and O–H groups in total. The Balaban J connectivity index is 2.18. The van der Waals surface area contributed by atoms with Crippen LogP contribution in [0.5, 0.6) is 5.75 Å². The van der Waals surface area contributed by atoms with Crippen LogP contribution in [0.25, 0.3) is 21.7 Å². The fourth-order valence-corrected chi connectivity index (χ4v) is 2.66. The molecular formula is C18H19NO. The highest BCUT2D eigenvalue weighted by Crippen LogP contribution is 2.32. The van der Waals surface area contributed by atoms with Crippen LogP contribution in [-0.4, -0.2) is 11.1 Å². The summed E-state index contributed by atoms with van der Waals surface area (Å²) in [6.07, 6.45) is 4.26. The summed E-state index contributed by atoms with van der Waals surface area (Å²) in [5, 5.41) is 3.45. The molecule has 3 aromatic rings. The Bertz CT molecular complexity index is 736. The number of hydrogen-bond donors (Lipinski definition) is 0. The molecule has 2 nitrogen and oxygen atoms in total. The van der Waals surface area contributed by atoms with E-state index < -0.39 is 0 Å². The molecule has 2 heteroatoms. The molecule has 1 unspecified atom stereocenters. The summed E-state index contributed by atoms with van der Waals surface area (Å²) < 4.78 is 6.14. The van der Waals surface area contributed by atoms with Gasteiger partial charge in [-0.2, -0.15) is 0 Å². The van der Waals surface area contributed by atoms with Crippen LogP contribution in [-0.2, 0) is 0 Å². The van der Waals surface area contributed by atoms with Gasteiger partial charge in [0.05, 0.1) is 17.0 Å². The molecule has 0 bridgehead atoms. The number of aromatic nitrogens is 1. The zero-order valence-corrected chi connectivity index (χ0v) is 12.0. The number of hydrogen-bond acceptors (Lipinski definition) is 2. The van der Waals surface area contributed by atoms with E-state index in [0.29, 0.717) is 0 Å². The zero-order chi connectivity index (χ0) is 13.9. The molecule has 0 amide bonds. The first-order chi connectivity index (χ1) is 9.79. The summed E-state index contributed by atoms with van der Waals surface area (Å²) in [4.78, 5) is 4.54. The van der Waals surface area contributed by atoms with E-state index in [1.165, 1.54) is 5.39 Å². The average Bonchev–Trinajstić information content (AvgIpc) is 2.47. The normalized spacial score (nSPS) is 12.7. The van der Waals surface area contributed by atoms with E-state index in [0.717, 1.165) is 34.9 Å². The van der Waals surface area contributed by atoms with Crippen LogP contribution in [0.15, 0.2) is 48.7 Å². The zero-order valence-electron chi connectivity index (χ0n) is 12.0. The molecule has 0 saturated carbocycles. The summed E-state index contributed by atoms with van der Waals surface area (Å²) in [5.41, 5.74) is 1.02. The molecule has 0 aliphatic heterocycles. The Labute approximate surface area is 119 Å². The van der Waals surface area contributed by atoms with E-state index >= 15 is 0 Å². The topological polar surface area (TPSA) is 22.1 Å². The summed E-state index contributed by atoms with van der Waals surface area (Å²) in [7, 11) is 0. The molecule has 1 aromatic heterocycles. The molecular weight excluding hydrogens is 246 g/mol. The van der Waals surface area contributed by atoms with Crippen molar-refractivity contribution in [2.45, 2.75) is 32.8 Å². The lowest BCUT2D eigenvalue weighted by Crippen LogP contribution is -2.11. The predicted molar refractivity (Wildman–Crippen MR) is 84.2 cm³/mol. The van der Waals surface area contributed by atoms with Crippen molar-refractivity contribution in [2.75, 3.05) is 0 Å². The summed E-state index contributed by atoms with van der Waals surface area (Å²) in [6, 6.07) is 14.5. The number of rotatable bonds is 4. The van der Waals surface area contributed by atoms with E-state index in [1.54, 1.807) is 0 Å².